The molecular formula is C13H24N2O. The van der Waals surface area contributed by atoms with Gasteiger partial charge in [-0.05, 0) is 38.5 Å². The molecule has 2 atom stereocenters. The summed E-state index contributed by atoms with van der Waals surface area (Å²) in [5, 5.41) is 0. The van der Waals surface area contributed by atoms with Gasteiger partial charge in [0.1, 0.15) is 0 Å². The molecule has 2 rings (SSSR count). The number of nitrogens with zero attached hydrogens (tertiary/aromatic N) is 1. The number of carbonyl (C=O) groups is 1. The van der Waals surface area contributed by atoms with Crippen LogP contribution in [0.25, 0.3) is 0 Å². The Morgan fingerprint density at radius 1 is 1.25 bits per heavy atom. The Hall–Kier alpha value is -0.570. The van der Waals surface area contributed by atoms with Gasteiger partial charge in [0.15, 0.2) is 0 Å². The molecule has 0 radical (unpaired) electrons. The molecule has 2 unspecified atom stereocenters. The molecule has 3 nitrogen and oxygen atoms in total. The lowest BCUT2D eigenvalue weighted by atomic mass is 9.90. The maximum atomic E-state index is 12.5. The van der Waals surface area contributed by atoms with E-state index < -0.39 is 5.54 Å². The Morgan fingerprint density at radius 3 is 2.50 bits per heavy atom. The normalized spacial score (nSPS) is 34.1. The number of amides is 1. The van der Waals surface area contributed by atoms with Crippen LogP contribution in [0.5, 0.6) is 0 Å². The lowest BCUT2D eigenvalue weighted by molar-refractivity contribution is -0.141. The quantitative estimate of drug-likeness (QED) is 0.739. The average molecular weight is 224 g/mol. The fourth-order valence-corrected chi connectivity index (χ4v) is 3.08. The first kappa shape index (κ1) is 11.9. The first-order valence-corrected chi connectivity index (χ1v) is 6.63. The van der Waals surface area contributed by atoms with Crippen LogP contribution in [0.2, 0.25) is 0 Å². The summed E-state index contributed by atoms with van der Waals surface area (Å²) >= 11 is 0. The van der Waals surface area contributed by atoms with Gasteiger partial charge in [-0.1, -0.05) is 19.8 Å². The highest BCUT2D eigenvalue weighted by Crippen LogP contribution is 2.32. The minimum Gasteiger partial charge on any atom is -0.338 e. The third-order valence-corrected chi connectivity index (χ3v) is 4.30. The highest BCUT2D eigenvalue weighted by atomic mass is 16.2. The molecule has 0 spiro atoms. The van der Waals surface area contributed by atoms with Crippen molar-refractivity contribution in [2.45, 2.75) is 64.0 Å². The van der Waals surface area contributed by atoms with Gasteiger partial charge in [0.2, 0.25) is 5.91 Å². The van der Waals surface area contributed by atoms with Crippen LogP contribution in [0.1, 0.15) is 52.4 Å². The standard InChI is InChI=1S/C13H24N2O/c1-10-5-6-11(2)15(9-10)12(16)13(14)7-3-4-8-13/h10-11H,3-9,14H2,1-2H3. The zero-order chi connectivity index (χ0) is 11.8. The van der Waals surface area contributed by atoms with E-state index in [9.17, 15) is 4.79 Å². The van der Waals surface area contributed by atoms with Crippen molar-refractivity contribution in [2.75, 3.05) is 6.54 Å². The van der Waals surface area contributed by atoms with Crippen molar-refractivity contribution in [1.82, 2.24) is 4.90 Å². The Bertz CT molecular complexity index is 271. The van der Waals surface area contributed by atoms with Crippen molar-refractivity contribution in [1.29, 1.82) is 0 Å². The van der Waals surface area contributed by atoms with Gasteiger partial charge >= 0.3 is 0 Å². The summed E-state index contributed by atoms with van der Waals surface area (Å²) in [4.78, 5) is 14.5. The van der Waals surface area contributed by atoms with Gasteiger partial charge in [-0.2, -0.15) is 0 Å². The molecule has 1 amide bonds. The Balaban J connectivity index is 2.07. The molecule has 1 aliphatic heterocycles. The van der Waals surface area contributed by atoms with Crippen LogP contribution in [0.4, 0.5) is 0 Å². The SMILES string of the molecule is CC1CCC(C)N(C(=O)C2(N)CCCC2)C1. The van der Waals surface area contributed by atoms with Crippen LogP contribution in [0.3, 0.4) is 0 Å². The maximum Gasteiger partial charge on any atom is 0.242 e. The second-order valence-electron chi connectivity index (χ2n) is 5.85. The predicted octanol–water partition coefficient (Wildman–Crippen LogP) is 1.90. The molecule has 0 aromatic rings. The van der Waals surface area contributed by atoms with Crippen LogP contribution in [0, 0.1) is 5.92 Å². The number of piperidine rings is 1. The highest BCUT2D eigenvalue weighted by Gasteiger charge is 2.42. The fourth-order valence-electron chi connectivity index (χ4n) is 3.08. The largest absolute Gasteiger partial charge is 0.338 e. The number of hydrogen-bond donors (Lipinski definition) is 1. The van der Waals surface area contributed by atoms with Crippen molar-refractivity contribution in [3.8, 4) is 0 Å². The molecule has 1 saturated carbocycles. The number of likely N-dealkylation sites (tertiary alicyclic amines) is 1. The monoisotopic (exact) mass is 224 g/mol. The van der Waals surface area contributed by atoms with Gasteiger partial charge < -0.3 is 10.6 Å². The first-order valence-electron chi connectivity index (χ1n) is 6.63. The Kier molecular flexibility index (Phi) is 3.24. The highest BCUT2D eigenvalue weighted by molar-refractivity contribution is 5.86. The van der Waals surface area contributed by atoms with Gasteiger partial charge in [0.05, 0.1) is 5.54 Å². The number of nitrogens with two attached hydrogens (primary N) is 1. The van der Waals surface area contributed by atoms with Crippen molar-refractivity contribution in [2.24, 2.45) is 11.7 Å². The van der Waals surface area contributed by atoms with E-state index >= 15 is 0 Å². The maximum absolute atomic E-state index is 12.5. The van der Waals surface area contributed by atoms with Gasteiger partial charge in [-0.3, -0.25) is 4.79 Å². The molecule has 2 fully saturated rings. The lowest BCUT2D eigenvalue weighted by Crippen LogP contribution is -2.58. The Labute approximate surface area is 98.4 Å². The molecule has 0 aromatic heterocycles. The van der Waals surface area contributed by atoms with Gasteiger partial charge in [-0.15, -0.1) is 0 Å². The average Bonchev–Trinajstić information content (AvgIpc) is 2.69. The second kappa shape index (κ2) is 4.36. The minimum absolute atomic E-state index is 0.212. The number of rotatable bonds is 1. The molecule has 3 heteroatoms. The summed E-state index contributed by atoms with van der Waals surface area (Å²) in [5.74, 6) is 0.842. The summed E-state index contributed by atoms with van der Waals surface area (Å²) in [5.41, 5.74) is 5.71. The second-order valence-corrected chi connectivity index (χ2v) is 5.85. The van der Waals surface area contributed by atoms with Crippen LogP contribution < -0.4 is 5.73 Å². The smallest absolute Gasteiger partial charge is 0.242 e. The van der Waals surface area contributed by atoms with Crippen molar-refractivity contribution >= 4 is 5.91 Å². The molecule has 0 aromatic carbocycles. The molecule has 1 heterocycles. The van der Waals surface area contributed by atoms with Gasteiger partial charge in [-0.25, -0.2) is 0 Å². The van der Waals surface area contributed by atoms with E-state index in [1.165, 1.54) is 6.42 Å². The third-order valence-electron chi connectivity index (χ3n) is 4.30. The predicted molar refractivity (Wildman–Crippen MR) is 65.0 cm³/mol. The zero-order valence-electron chi connectivity index (χ0n) is 10.5. The van der Waals surface area contributed by atoms with E-state index in [2.05, 4.69) is 13.8 Å². The molecule has 0 bridgehead atoms. The van der Waals surface area contributed by atoms with Crippen LogP contribution in [0.15, 0.2) is 0 Å². The minimum atomic E-state index is -0.536. The van der Waals surface area contributed by atoms with Crippen molar-refractivity contribution < 1.29 is 4.79 Å². The fraction of sp³-hybridized carbons (Fsp3) is 0.923. The van der Waals surface area contributed by atoms with Gasteiger partial charge in [0, 0.05) is 12.6 Å². The van der Waals surface area contributed by atoms with Crippen LogP contribution >= 0.6 is 0 Å². The molecule has 1 aliphatic carbocycles. The van der Waals surface area contributed by atoms with Gasteiger partial charge in [0.25, 0.3) is 0 Å². The summed E-state index contributed by atoms with van der Waals surface area (Å²) in [6, 6.07) is 0.379. The number of carbonyl (C=O) groups excluding carboxylic acids is 1. The van der Waals surface area contributed by atoms with Crippen LogP contribution in [-0.2, 0) is 4.79 Å². The van der Waals surface area contributed by atoms with Crippen molar-refractivity contribution in [3.63, 3.8) is 0 Å². The van der Waals surface area contributed by atoms with E-state index in [0.717, 1.165) is 38.6 Å². The van der Waals surface area contributed by atoms with E-state index in [-0.39, 0.29) is 5.91 Å². The number of hydrogen-bond acceptors (Lipinski definition) is 2. The molecule has 1 saturated heterocycles. The van der Waals surface area contributed by atoms with E-state index in [0.29, 0.717) is 12.0 Å². The molecular weight excluding hydrogens is 200 g/mol. The Morgan fingerprint density at radius 2 is 1.88 bits per heavy atom. The zero-order valence-corrected chi connectivity index (χ0v) is 10.5. The summed E-state index contributed by atoms with van der Waals surface area (Å²) in [7, 11) is 0. The topological polar surface area (TPSA) is 46.3 Å². The van der Waals surface area contributed by atoms with E-state index in [1.54, 1.807) is 0 Å². The van der Waals surface area contributed by atoms with Crippen molar-refractivity contribution in [3.05, 3.63) is 0 Å². The summed E-state index contributed by atoms with van der Waals surface area (Å²) in [6.07, 6.45) is 6.35. The molecule has 16 heavy (non-hydrogen) atoms. The van der Waals surface area contributed by atoms with Crippen LogP contribution in [-0.4, -0.2) is 28.9 Å². The lowest BCUT2D eigenvalue weighted by Gasteiger charge is -2.41. The third kappa shape index (κ3) is 2.10. The molecule has 2 aliphatic rings. The molecule has 92 valence electrons. The summed E-state index contributed by atoms with van der Waals surface area (Å²) in [6.45, 7) is 5.28. The molecule has 2 N–H and O–H groups in total. The van der Waals surface area contributed by atoms with E-state index in [4.69, 9.17) is 5.73 Å². The summed E-state index contributed by atoms with van der Waals surface area (Å²) < 4.78 is 0. The van der Waals surface area contributed by atoms with E-state index in [1.807, 2.05) is 4.90 Å². The first-order chi connectivity index (χ1) is 7.53.